The standard InChI is InChI=1S/C7H11N3O2/c11-7(12)4-2-1-3-6-8-5-9-10-6/h5H,1-4H2,(H,11,12)(H,8,9,10). The number of hydrogen-bond acceptors (Lipinski definition) is 3. The van der Waals surface area contributed by atoms with Gasteiger partial charge in [0, 0.05) is 12.8 Å². The van der Waals surface area contributed by atoms with Crippen molar-refractivity contribution in [2.75, 3.05) is 0 Å². The van der Waals surface area contributed by atoms with E-state index < -0.39 is 5.97 Å². The molecule has 1 rings (SSSR count). The molecule has 0 saturated carbocycles. The van der Waals surface area contributed by atoms with Crippen molar-refractivity contribution in [3.63, 3.8) is 0 Å². The van der Waals surface area contributed by atoms with E-state index in [9.17, 15) is 4.79 Å². The molecule has 1 heterocycles. The number of nitrogens with one attached hydrogen (secondary N) is 1. The molecule has 0 fully saturated rings. The fourth-order valence-electron chi connectivity index (χ4n) is 0.920. The van der Waals surface area contributed by atoms with Crippen LogP contribution in [0.3, 0.4) is 0 Å². The molecule has 0 aliphatic rings. The highest BCUT2D eigenvalue weighted by atomic mass is 16.4. The van der Waals surface area contributed by atoms with Gasteiger partial charge in [0.05, 0.1) is 0 Å². The number of carbonyl (C=O) groups is 1. The second-order valence-corrected chi connectivity index (χ2v) is 2.53. The van der Waals surface area contributed by atoms with Gasteiger partial charge >= 0.3 is 5.97 Å². The van der Waals surface area contributed by atoms with E-state index in [0.717, 1.165) is 18.7 Å². The molecule has 12 heavy (non-hydrogen) atoms. The maximum absolute atomic E-state index is 10.1. The molecule has 0 unspecified atom stereocenters. The molecule has 1 aromatic rings. The Labute approximate surface area is 69.8 Å². The highest BCUT2D eigenvalue weighted by Crippen LogP contribution is 2.00. The molecule has 0 aromatic carbocycles. The maximum atomic E-state index is 10.1. The molecular weight excluding hydrogens is 158 g/mol. The average Bonchev–Trinajstić information content (AvgIpc) is 2.49. The van der Waals surface area contributed by atoms with Gasteiger partial charge in [0.25, 0.3) is 0 Å². The smallest absolute Gasteiger partial charge is 0.303 e. The minimum absolute atomic E-state index is 0.230. The molecule has 0 radical (unpaired) electrons. The summed E-state index contributed by atoms with van der Waals surface area (Å²) in [5.74, 6) is 0.0768. The third-order valence-electron chi connectivity index (χ3n) is 1.52. The molecule has 0 saturated heterocycles. The van der Waals surface area contributed by atoms with Crippen LogP contribution in [0.5, 0.6) is 0 Å². The van der Waals surface area contributed by atoms with E-state index in [1.165, 1.54) is 6.33 Å². The summed E-state index contributed by atoms with van der Waals surface area (Å²) in [4.78, 5) is 14.0. The second-order valence-electron chi connectivity index (χ2n) is 2.53. The first kappa shape index (κ1) is 8.70. The van der Waals surface area contributed by atoms with Gasteiger partial charge in [-0.1, -0.05) is 0 Å². The maximum Gasteiger partial charge on any atom is 0.303 e. The van der Waals surface area contributed by atoms with Gasteiger partial charge in [-0.3, -0.25) is 9.89 Å². The van der Waals surface area contributed by atoms with E-state index in [1.54, 1.807) is 0 Å². The van der Waals surface area contributed by atoms with E-state index >= 15 is 0 Å². The van der Waals surface area contributed by atoms with Gasteiger partial charge in [0.1, 0.15) is 12.2 Å². The summed E-state index contributed by atoms with van der Waals surface area (Å²) in [6.07, 6.45) is 3.98. The minimum Gasteiger partial charge on any atom is -0.481 e. The van der Waals surface area contributed by atoms with Gasteiger partial charge in [0.2, 0.25) is 0 Å². The number of aromatic nitrogens is 3. The monoisotopic (exact) mass is 169 g/mol. The number of nitrogens with zero attached hydrogens (tertiary/aromatic N) is 2. The van der Waals surface area contributed by atoms with Crippen LogP contribution in [0.1, 0.15) is 25.1 Å². The summed E-state index contributed by atoms with van der Waals surface area (Å²) >= 11 is 0. The van der Waals surface area contributed by atoms with Crippen LogP contribution in [0, 0.1) is 0 Å². The Balaban J connectivity index is 2.07. The van der Waals surface area contributed by atoms with E-state index in [-0.39, 0.29) is 6.42 Å². The summed E-state index contributed by atoms with van der Waals surface area (Å²) in [5, 5.41) is 14.7. The van der Waals surface area contributed by atoms with Crippen LogP contribution in [0.15, 0.2) is 6.33 Å². The van der Waals surface area contributed by atoms with Crippen LogP contribution in [-0.4, -0.2) is 26.3 Å². The predicted molar refractivity (Wildman–Crippen MR) is 41.6 cm³/mol. The van der Waals surface area contributed by atoms with E-state index in [4.69, 9.17) is 5.11 Å². The Hall–Kier alpha value is -1.39. The number of rotatable bonds is 5. The number of unbranched alkanes of at least 4 members (excludes halogenated alkanes) is 1. The lowest BCUT2D eigenvalue weighted by molar-refractivity contribution is -0.137. The quantitative estimate of drug-likeness (QED) is 0.632. The number of aryl methyl sites for hydroxylation is 1. The molecule has 66 valence electrons. The topological polar surface area (TPSA) is 78.9 Å². The summed E-state index contributed by atoms with van der Waals surface area (Å²) in [7, 11) is 0. The van der Waals surface area contributed by atoms with Crippen LogP contribution in [-0.2, 0) is 11.2 Å². The lowest BCUT2D eigenvalue weighted by Gasteiger charge is -1.94. The van der Waals surface area contributed by atoms with E-state index in [0.29, 0.717) is 6.42 Å². The molecule has 1 aromatic heterocycles. The van der Waals surface area contributed by atoms with Crippen molar-refractivity contribution in [3.05, 3.63) is 12.2 Å². The van der Waals surface area contributed by atoms with Gasteiger partial charge in [-0.05, 0) is 12.8 Å². The Morgan fingerprint density at radius 3 is 3.00 bits per heavy atom. The molecule has 5 nitrogen and oxygen atoms in total. The largest absolute Gasteiger partial charge is 0.481 e. The van der Waals surface area contributed by atoms with Crippen molar-refractivity contribution in [1.82, 2.24) is 15.2 Å². The Kier molecular flexibility index (Phi) is 3.25. The van der Waals surface area contributed by atoms with Gasteiger partial charge in [-0.2, -0.15) is 5.10 Å². The molecule has 0 bridgehead atoms. The van der Waals surface area contributed by atoms with Crippen LogP contribution < -0.4 is 0 Å². The zero-order valence-electron chi connectivity index (χ0n) is 6.66. The summed E-state index contributed by atoms with van der Waals surface area (Å²) in [6, 6.07) is 0. The number of aromatic amines is 1. The van der Waals surface area contributed by atoms with Crippen molar-refractivity contribution < 1.29 is 9.90 Å². The Morgan fingerprint density at radius 1 is 1.58 bits per heavy atom. The number of H-pyrrole nitrogens is 1. The Bertz CT molecular complexity index is 233. The highest BCUT2D eigenvalue weighted by Gasteiger charge is 1.98. The van der Waals surface area contributed by atoms with Gasteiger partial charge in [0.15, 0.2) is 0 Å². The predicted octanol–water partition coefficient (Wildman–Crippen LogP) is 0.602. The second kappa shape index (κ2) is 4.48. The lowest BCUT2D eigenvalue weighted by atomic mass is 10.2. The van der Waals surface area contributed by atoms with Gasteiger partial charge in [-0.25, -0.2) is 4.98 Å². The first-order valence-electron chi connectivity index (χ1n) is 3.85. The molecule has 2 N–H and O–H groups in total. The van der Waals surface area contributed by atoms with E-state index in [1.807, 2.05) is 0 Å². The van der Waals surface area contributed by atoms with Crippen molar-refractivity contribution in [2.45, 2.75) is 25.7 Å². The van der Waals surface area contributed by atoms with Crippen molar-refractivity contribution >= 4 is 5.97 Å². The molecule has 0 aliphatic carbocycles. The lowest BCUT2D eigenvalue weighted by Crippen LogP contribution is -1.95. The minimum atomic E-state index is -0.743. The van der Waals surface area contributed by atoms with Crippen molar-refractivity contribution in [3.8, 4) is 0 Å². The normalized spacial score (nSPS) is 10.0. The third kappa shape index (κ3) is 3.14. The molecule has 5 heteroatoms. The summed E-state index contributed by atoms with van der Waals surface area (Å²) in [6.45, 7) is 0. The number of carboxylic acid groups (broad SMARTS) is 1. The van der Waals surface area contributed by atoms with E-state index in [2.05, 4.69) is 15.2 Å². The zero-order valence-corrected chi connectivity index (χ0v) is 6.66. The summed E-state index contributed by atoms with van der Waals surface area (Å²) < 4.78 is 0. The first-order chi connectivity index (χ1) is 5.79. The van der Waals surface area contributed by atoms with Crippen LogP contribution in [0.25, 0.3) is 0 Å². The van der Waals surface area contributed by atoms with Crippen molar-refractivity contribution in [1.29, 1.82) is 0 Å². The van der Waals surface area contributed by atoms with Gasteiger partial charge in [-0.15, -0.1) is 0 Å². The molecule has 0 amide bonds. The van der Waals surface area contributed by atoms with Crippen molar-refractivity contribution in [2.24, 2.45) is 0 Å². The number of hydrogen-bond donors (Lipinski definition) is 2. The number of aliphatic carboxylic acids is 1. The third-order valence-corrected chi connectivity index (χ3v) is 1.52. The highest BCUT2D eigenvalue weighted by molar-refractivity contribution is 5.66. The van der Waals surface area contributed by atoms with Crippen LogP contribution in [0.2, 0.25) is 0 Å². The fraction of sp³-hybridized carbons (Fsp3) is 0.571. The Morgan fingerprint density at radius 2 is 2.42 bits per heavy atom. The molecule has 0 aliphatic heterocycles. The average molecular weight is 169 g/mol. The zero-order chi connectivity index (χ0) is 8.81. The molecular formula is C7H11N3O2. The first-order valence-corrected chi connectivity index (χ1v) is 3.85. The SMILES string of the molecule is O=C(O)CCCCc1ncn[nH]1. The van der Waals surface area contributed by atoms with Gasteiger partial charge < -0.3 is 5.11 Å². The number of carboxylic acids is 1. The summed E-state index contributed by atoms with van der Waals surface area (Å²) in [5.41, 5.74) is 0. The fourth-order valence-corrected chi connectivity index (χ4v) is 0.920. The molecule has 0 atom stereocenters. The molecule has 0 spiro atoms. The van der Waals surface area contributed by atoms with Crippen LogP contribution >= 0.6 is 0 Å². The van der Waals surface area contributed by atoms with Crippen LogP contribution in [0.4, 0.5) is 0 Å².